The zero-order valence-electron chi connectivity index (χ0n) is 17.9. The van der Waals surface area contributed by atoms with Gasteiger partial charge in [-0.25, -0.2) is 8.42 Å². The van der Waals surface area contributed by atoms with Crippen molar-refractivity contribution in [2.24, 2.45) is 4.99 Å². The molecule has 158 valence electrons. The van der Waals surface area contributed by atoms with E-state index in [-0.39, 0.29) is 0 Å². The van der Waals surface area contributed by atoms with Crippen LogP contribution in [0.2, 0.25) is 0 Å². The summed E-state index contributed by atoms with van der Waals surface area (Å²) >= 11 is 0. The number of guanidine groups is 1. The SMILES string of the molecule is CN=C(NCCc1ccc(S(C)(=O)=O)cc1)N(C)CCOc1cc(C)cc(C)c1. The number of nitrogens with zero attached hydrogens (tertiary/aromatic N) is 2. The van der Waals surface area contributed by atoms with E-state index in [2.05, 4.69) is 30.2 Å². The smallest absolute Gasteiger partial charge is 0.193 e. The van der Waals surface area contributed by atoms with Crippen LogP contribution < -0.4 is 10.1 Å². The van der Waals surface area contributed by atoms with Crippen LogP contribution >= 0.6 is 0 Å². The molecule has 2 aromatic rings. The van der Waals surface area contributed by atoms with E-state index in [1.54, 1.807) is 19.2 Å². The number of aryl methyl sites for hydroxylation is 2. The van der Waals surface area contributed by atoms with E-state index >= 15 is 0 Å². The summed E-state index contributed by atoms with van der Waals surface area (Å²) < 4.78 is 28.9. The molecule has 0 aliphatic carbocycles. The van der Waals surface area contributed by atoms with Crippen molar-refractivity contribution in [1.82, 2.24) is 10.2 Å². The lowest BCUT2D eigenvalue weighted by Crippen LogP contribution is -2.41. The molecule has 2 rings (SSSR count). The van der Waals surface area contributed by atoms with Gasteiger partial charge >= 0.3 is 0 Å². The molecule has 0 heterocycles. The Morgan fingerprint density at radius 1 is 1.10 bits per heavy atom. The topological polar surface area (TPSA) is 71.0 Å². The van der Waals surface area contributed by atoms with Crippen LogP contribution in [0.4, 0.5) is 0 Å². The Morgan fingerprint density at radius 2 is 1.72 bits per heavy atom. The van der Waals surface area contributed by atoms with Gasteiger partial charge in [0.25, 0.3) is 0 Å². The molecule has 6 nitrogen and oxygen atoms in total. The van der Waals surface area contributed by atoms with E-state index in [1.807, 2.05) is 36.2 Å². The largest absolute Gasteiger partial charge is 0.492 e. The number of hydrogen-bond acceptors (Lipinski definition) is 4. The fourth-order valence-electron chi connectivity index (χ4n) is 3.03. The summed E-state index contributed by atoms with van der Waals surface area (Å²) in [4.78, 5) is 6.68. The second-order valence-corrected chi connectivity index (χ2v) is 9.25. The summed E-state index contributed by atoms with van der Waals surface area (Å²) in [6.45, 7) is 6.09. The maximum Gasteiger partial charge on any atom is 0.193 e. The molecule has 0 bridgehead atoms. The maximum atomic E-state index is 11.5. The first-order valence-corrected chi connectivity index (χ1v) is 11.5. The highest BCUT2D eigenvalue weighted by atomic mass is 32.2. The molecule has 0 fully saturated rings. The molecule has 0 unspecified atom stereocenters. The third-order valence-corrected chi connectivity index (χ3v) is 5.64. The van der Waals surface area contributed by atoms with E-state index < -0.39 is 9.84 Å². The van der Waals surface area contributed by atoms with Gasteiger partial charge in [-0.15, -0.1) is 0 Å². The van der Waals surface area contributed by atoms with Gasteiger partial charge in [-0.1, -0.05) is 18.2 Å². The third kappa shape index (κ3) is 7.42. The summed E-state index contributed by atoms with van der Waals surface area (Å²) in [5.74, 6) is 1.68. The van der Waals surface area contributed by atoms with E-state index in [4.69, 9.17) is 4.74 Å². The highest BCUT2D eigenvalue weighted by molar-refractivity contribution is 7.90. The Labute approximate surface area is 174 Å². The number of likely N-dealkylation sites (N-methyl/N-ethyl adjacent to an activating group) is 1. The fourth-order valence-corrected chi connectivity index (χ4v) is 3.66. The first-order chi connectivity index (χ1) is 13.7. The Hall–Kier alpha value is -2.54. The number of benzene rings is 2. The molecule has 0 atom stereocenters. The Bertz CT molecular complexity index is 918. The van der Waals surface area contributed by atoms with E-state index in [0.29, 0.717) is 24.6 Å². The zero-order valence-corrected chi connectivity index (χ0v) is 18.7. The van der Waals surface area contributed by atoms with Crippen LogP contribution in [0.5, 0.6) is 5.75 Å². The van der Waals surface area contributed by atoms with E-state index in [0.717, 1.165) is 23.7 Å². The van der Waals surface area contributed by atoms with Gasteiger partial charge in [0.05, 0.1) is 11.4 Å². The Morgan fingerprint density at radius 3 is 2.28 bits per heavy atom. The predicted molar refractivity (Wildman–Crippen MR) is 119 cm³/mol. The fraction of sp³-hybridized carbons (Fsp3) is 0.409. The number of nitrogens with one attached hydrogen (secondary N) is 1. The van der Waals surface area contributed by atoms with Gasteiger partial charge in [-0.05, 0) is 61.2 Å². The highest BCUT2D eigenvalue weighted by Gasteiger charge is 2.08. The van der Waals surface area contributed by atoms with Crippen LogP contribution in [0.3, 0.4) is 0 Å². The summed E-state index contributed by atoms with van der Waals surface area (Å²) in [7, 11) is 0.572. The molecule has 0 aliphatic heterocycles. The van der Waals surface area contributed by atoms with Gasteiger partial charge in [0.1, 0.15) is 12.4 Å². The molecular weight excluding hydrogens is 386 g/mol. The minimum atomic E-state index is -3.16. The first-order valence-electron chi connectivity index (χ1n) is 9.61. The van der Waals surface area contributed by atoms with Gasteiger partial charge in [-0.3, -0.25) is 4.99 Å². The summed E-state index contributed by atoms with van der Waals surface area (Å²) in [6, 6.07) is 13.2. The second kappa shape index (κ2) is 10.3. The van der Waals surface area contributed by atoms with Crippen molar-refractivity contribution < 1.29 is 13.2 Å². The van der Waals surface area contributed by atoms with Crippen molar-refractivity contribution >= 4 is 15.8 Å². The molecule has 0 radical (unpaired) electrons. The lowest BCUT2D eigenvalue weighted by Gasteiger charge is -2.22. The van der Waals surface area contributed by atoms with Gasteiger partial charge < -0.3 is 15.0 Å². The molecule has 2 aromatic carbocycles. The molecule has 0 aliphatic rings. The zero-order chi connectivity index (χ0) is 21.4. The molecule has 0 spiro atoms. The van der Waals surface area contributed by atoms with Crippen molar-refractivity contribution in [2.45, 2.75) is 25.2 Å². The third-order valence-electron chi connectivity index (χ3n) is 4.51. The Balaban J connectivity index is 1.78. The quantitative estimate of drug-likeness (QED) is 0.528. The average molecular weight is 418 g/mol. The molecule has 7 heteroatoms. The number of ether oxygens (including phenoxy) is 1. The average Bonchev–Trinajstić information content (AvgIpc) is 2.64. The number of rotatable bonds is 8. The molecule has 0 saturated heterocycles. The molecule has 0 aromatic heterocycles. The number of sulfone groups is 1. The van der Waals surface area contributed by atoms with Crippen LogP contribution in [0.15, 0.2) is 52.4 Å². The van der Waals surface area contributed by atoms with Gasteiger partial charge in [0.15, 0.2) is 15.8 Å². The first kappa shape index (κ1) is 22.7. The van der Waals surface area contributed by atoms with Gasteiger partial charge in [-0.2, -0.15) is 0 Å². The minimum absolute atomic E-state index is 0.341. The lowest BCUT2D eigenvalue weighted by molar-refractivity contribution is 0.281. The summed E-state index contributed by atoms with van der Waals surface area (Å²) in [5, 5.41) is 3.33. The number of aliphatic imine (C=N–C) groups is 1. The monoisotopic (exact) mass is 417 g/mol. The van der Waals surface area contributed by atoms with Crippen LogP contribution in [-0.4, -0.2) is 59.3 Å². The molecular formula is C22H31N3O3S. The van der Waals surface area contributed by atoms with E-state index in [9.17, 15) is 8.42 Å². The molecule has 1 N–H and O–H groups in total. The van der Waals surface area contributed by atoms with Crippen molar-refractivity contribution in [3.63, 3.8) is 0 Å². The van der Waals surface area contributed by atoms with Gasteiger partial charge in [0, 0.05) is 26.9 Å². The van der Waals surface area contributed by atoms with E-state index in [1.165, 1.54) is 17.4 Å². The summed E-state index contributed by atoms with van der Waals surface area (Å²) in [5.41, 5.74) is 3.45. The van der Waals surface area contributed by atoms with Crippen molar-refractivity contribution in [3.8, 4) is 5.75 Å². The standard InChI is InChI=1S/C22H31N3O3S/c1-17-14-18(2)16-20(15-17)28-13-12-25(4)22(23-3)24-11-10-19-6-8-21(9-7-19)29(5,26)27/h6-9,14-16H,10-13H2,1-5H3,(H,23,24). The van der Waals surface area contributed by atoms with Crippen molar-refractivity contribution in [3.05, 3.63) is 59.2 Å². The van der Waals surface area contributed by atoms with Crippen LogP contribution in [0, 0.1) is 13.8 Å². The normalized spacial score (nSPS) is 12.0. The van der Waals surface area contributed by atoms with Crippen LogP contribution in [0.1, 0.15) is 16.7 Å². The lowest BCUT2D eigenvalue weighted by atomic mass is 10.1. The van der Waals surface area contributed by atoms with Crippen LogP contribution in [0.25, 0.3) is 0 Å². The molecule has 0 amide bonds. The number of hydrogen-bond donors (Lipinski definition) is 1. The van der Waals surface area contributed by atoms with Crippen molar-refractivity contribution in [2.75, 3.05) is 40.0 Å². The highest BCUT2D eigenvalue weighted by Crippen LogP contribution is 2.16. The summed E-state index contributed by atoms with van der Waals surface area (Å²) in [6.07, 6.45) is 1.99. The maximum absolute atomic E-state index is 11.5. The van der Waals surface area contributed by atoms with Gasteiger partial charge in [0.2, 0.25) is 0 Å². The minimum Gasteiger partial charge on any atom is -0.492 e. The van der Waals surface area contributed by atoms with Crippen molar-refractivity contribution in [1.29, 1.82) is 0 Å². The van der Waals surface area contributed by atoms with Crippen LogP contribution in [-0.2, 0) is 16.3 Å². The predicted octanol–water partition coefficient (Wildman–Crippen LogP) is 2.84. The second-order valence-electron chi connectivity index (χ2n) is 7.23. The molecule has 29 heavy (non-hydrogen) atoms. The Kier molecular flexibility index (Phi) is 8.08. The molecule has 0 saturated carbocycles.